The minimum absolute atomic E-state index is 0.413. The van der Waals surface area contributed by atoms with E-state index in [-0.39, 0.29) is 0 Å². The van der Waals surface area contributed by atoms with Gasteiger partial charge in [0.1, 0.15) is 5.60 Å². The number of pyridine rings is 1. The lowest BCUT2D eigenvalue weighted by Gasteiger charge is -2.19. The standard InChI is InChI=1S/C15H21N3O3/c1-15(2,3)21-14(19)16-8-7-11-10-18-9-5-6-12(20-4)13(18)17-11/h5-6,9-10H,7-8H2,1-4H3,(H,16,19). The van der Waals surface area contributed by atoms with E-state index in [0.717, 1.165) is 17.1 Å². The molecule has 2 heterocycles. The van der Waals surface area contributed by atoms with Gasteiger partial charge in [-0.1, -0.05) is 0 Å². The maximum Gasteiger partial charge on any atom is 0.407 e. The number of nitrogens with one attached hydrogen (secondary N) is 1. The highest BCUT2D eigenvalue weighted by Crippen LogP contribution is 2.18. The fraction of sp³-hybridized carbons (Fsp3) is 0.467. The van der Waals surface area contributed by atoms with Gasteiger partial charge in [0.25, 0.3) is 0 Å². The third-order valence-corrected chi connectivity index (χ3v) is 2.77. The number of methoxy groups -OCH3 is 1. The first kappa shape index (κ1) is 15.2. The summed E-state index contributed by atoms with van der Waals surface area (Å²) in [5, 5.41) is 2.72. The first-order valence-electron chi connectivity index (χ1n) is 6.86. The molecule has 1 N–H and O–H groups in total. The number of alkyl carbamates (subject to hydrolysis) is 1. The van der Waals surface area contributed by atoms with Crippen molar-refractivity contribution in [2.75, 3.05) is 13.7 Å². The number of aromatic nitrogens is 2. The van der Waals surface area contributed by atoms with E-state index in [1.165, 1.54) is 0 Å². The average Bonchev–Trinajstić information content (AvgIpc) is 2.78. The van der Waals surface area contributed by atoms with Gasteiger partial charge in [0, 0.05) is 25.4 Å². The van der Waals surface area contributed by atoms with Crippen molar-refractivity contribution in [3.63, 3.8) is 0 Å². The first-order chi connectivity index (χ1) is 9.89. The molecule has 0 bridgehead atoms. The summed E-state index contributed by atoms with van der Waals surface area (Å²) < 4.78 is 12.3. The van der Waals surface area contributed by atoms with Crippen LogP contribution in [0.15, 0.2) is 24.5 Å². The zero-order valence-corrected chi connectivity index (χ0v) is 12.8. The summed E-state index contributed by atoms with van der Waals surface area (Å²) in [6.45, 7) is 5.98. The van der Waals surface area contributed by atoms with Crippen molar-refractivity contribution < 1.29 is 14.3 Å². The summed E-state index contributed by atoms with van der Waals surface area (Å²) in [5.74, 6) is 0.726. The Kier molecular flexibility index (Phi) is 4.35. The molecule has 114 valence electrons. The van der Waals surface area contributed by atoms with Crippen LogP contribution >= 0.6 is 0 Å². The zero-order valence-electron chi connectivity index (χ0n) is 12.8. The number of rotatable bonds is 4. The molecule has 0 atom stereocenters. The van der Waals surface area contributed by atoms with Gasteiger partial charge in [0.05, 0.1) is 12.8 Å². The molecule has 0 saturated carbocycles. The Hall–Kier alpha value is -2.24. The van der Waals surface area contributed by atoms with Crippen LogP contribution in [0.1, 0.15) is 26.5 Å². The van der Waals surface area contributed by atoms with Crippen molar-refractivity contribution in [1.82, 2.24) is 14.7 Å². The maximum atomic E-state index is 11.5. The Labute approximate surface area is 124 Å². The van der Waals surface area contributed by atoms with Gasteiger partial charge >= 0.3 is 6.09 Å². The van der Waals surface area contributed by atoms with Crippen molar-refractivity contribution in [1.29, 1.82) is 0 Å². The van der Waals surface area contributed by atoms with Crippen molar-refractivity contribution in [2.24, 2.45) is 0 Å². The van der Waals surface area contributed by atoms with E-state index < -0.39 is 11.7 Å². The van der Waals surface area contributed by atoms with Gasteiger partial charge < -0.3 is 19.2 Å². The second-order valence-corrected chi connectivity index (χ2v) is 5.72. The zero-order chi connectivity index (χ0) is 15.5. The second kappa shape index (κ2) is 6.03. The Morgan fingerprint density at radius 1 is 1.43 bits per heavy atom. The lowest BCUT2D eigenvalue weighted by atomic mass is 10.2. The summed E-state index contributed by atoms with van der Waals surface area (Å²) in [4.78, 5) is 16.0. The van der Waals surface area contributed by atoms with Gasteiger partial charge in [-0.05, 0) is 32.9 Å². The van der Waals surface area contributed by atoms with Gasteiger partial charge in [0.15, 0.2) is 11.4 Å². The largest absolute Gasteiger partial charge is 0.493 e. The molecule has 6 heteroatoms. The van der Waals surface area contributed by atoms with Gasteiger partial charge in [-0.25, -0.2) is 9.78 Å². The highest BCUT2D eigenvalue weighted by molar-refractivity contribution is 5.67. The summed E-state index contributed by atoms with van der Waals surface area (Å²) >= 11 is 0. The molecule has 0 aliphatic rings. The van der Waals surface area contributed by atoms with Crippen LogP contribution in [-0.2, 0) is 11.2 Å². The first-order valence-corrected chi connectivity index (χ1v) is 6.86. The molecule has 21 heavy (non-hydrogen) atoms. The molecule has 2 aromatic heterocycles. The molecule has 0 unspecified atom stereocenters. The molecule has 0 spiro atoms. The van der Waals surface area contributed by atoms with Crippen molar-refractivity contribution in [3.8, 4) is 5.75 Å². The van der Waals surface area contributed by atoms with Crippen LogP contribution in [0.4, 0.5) is 4.79 Å². The Morgan fingerprint density at radius 2 is 2.19 bits per heavy atom. The Balaban J connectivity index is 1.94. The van der Waals surface area contributed by atoms with Gasteiger partial charge in [0.2, 0.25) is 0 Å². The third kappa shape index (κ3) is 4.11. The van der Waals surface area contributed by atoms with E-state index >= 15 is 0 Å². The fourth-order valence-corrected chi connectivity index (χ4v) is 1.92. The van der Waals surface area contributed by atoms with E-state index in [1.54, 1.807) is 7.11 Å². The van der Waals surface area contributed by atoms with Crippen molar-refractivity contribution >= 4 is 11.7 Å². The van der Waals surface area contributed by atoms with E-state index in [9.17, 15) is 4.79 Å². The van der Waals surface area contributed by atoms with Crippen LogP contribution in [0.5, 0.6) is 5.75 Å². The number of carbonyl (C=O) groups is 1. The minimum atomic E-state index is -0.486. The Morgan fingerprint density at radius 3 is 2.86 bits per heavy atom. The van der Waals surface area contributed by atoms with Gasteiger partial charge in [-0.3, -0.25) is 0 Å². The van der Waals surface area contributed by atoms with Crippen LogP contribution in [0.2, 0.25) is 0 Å². The number of imidazole rings is 1. The van der Waals surface area contributed by atoms with Gasteiger partial charge in [-0.2, -0.15) is 0 Å². The molecular weight excluding hydrogens is 270 g/mol. The SMILES string of the molecule is COc1cccn2cc(CCNC(=O)OC(C)(C)C)nc12. The summed E-state index contributed by atoms with van der Waals surface area (Å²) in [7, 11) is 1.62. The number of hydrogen-bond acceptors (Lipinski definition) is 4. The number of fused-ring (bicyclic) bond motifs is 1. The number of hydrogen-bond donors (Lipinski definition) is 1. The lowest BCUT2D eigenvalue weighted by Crippen LogP contribution is -2.33. The summed E-state index contributed by atoms with van der Waals surface area (Å²) in [6, 6.07) is 3.77. The van der Waals surface area contributed by atoms with E-state index in [4.69, 9.17) is 9.47 Å². The molecule has 0 fully saturated rings. The predicted octanol–water partition coefficient (Wildman–Crippen LogP) is 2.41. The normalized spacial score (nSPS) is 11.4. The number of carbonyl (C=O) groups excluding carboxylic acids is 1. The number of amides is 1. The fourth-order valence-electron chi connectivity index (χ4n) is 1.92. The lowest BCUT2D eigenvalue weighted by molar-refractivity contribution is 0.0528. The molecule has 1 amide bonds. The average molecular weight is 291 g/mol. The molecule has 0 saturated heterocycles. The Bertz CT molecular complexity index is 629. The van der Waals surface area contributed by atoms with Crippen LogP contribution in [0, 0.1) is 0 Å². The monoisotopic (exact) mass is 291 g/mol. The van der Waals surface area contributed by atoms with Crippen LogP contribution < -0.4 is 10.1 Å². The predicted molar refractivity (Wildman–Crippen MR) is 79.7 cm³/mol. The highest BCUT2D eigenvalue weighted by Gasteiger charge is 2.15. The maximum absolute atomic E-state index is 11.5. The van der Waals surface area contributed by atoms with E-state index in [0.29, 0.717) is 13.0 Å². The van der Waals surface area contributed by atoms with Crippen LogP contribution in [0.3, 0.4) is 0 Å². The number of ether oxygens (including phenoxy) is 2. The minimum Gasteiger partial charge on any atom is -0.493 e. The molecule has 2 aromatic rings. The summed E-state index contributed by atoms with van der Waals surface area (Å²) in [6.07, 6.45) is 4.05. The van der Waals surface area contributed by atoms with Crippen molar-refractivity contribution in [3.05, 3.63) is 30.2 Å². The molecule has 0 aliphatic heterocycles. The number of nitrogens with zero attached hydrogens (tertiary/aromatic N) is 2. The van der Waals surface area contributed by atoms with E-state index in [1.807, 2.05) is 49.7 Å². The second-order valence-electron chi connectivity index (χ2n) is 5.72. The molecular formula is C15H21N3O3. The summed E-state index contributed by atoms with van der Waals surface area (Å²) in [5.41, 5.74) is 1.17. The van der Waals surface area contributed by atoms with Gasteiger partial charge in [-0.15, -0.1) is 0 Å². The molecule has 6 nitrogen and oxygen atoms in total. The third-order valence-electron chi connectivity index (χ3n) is 2.77. The van der Waals surface area contributed by atoms with Crippen LogP contribution in [0.25, 0.3) is 5.65 Å². The van der Waals surface area contributed by atoms with E-state index in [2.05, 4.69) is 10.3 Å². The quantitative estimate of drug-likeness (QED) is 0.939. The molecule has 0 aromatic carbocycles. The highest BCUT2D eigenvalue weighted by atomic mass is 16.6. The van der Waals surface area contributed by atoms with Crippen LogP contribution in [-0.4, -0.2) is 34.7 Å². The molecule has 0 radical (unpaired) electrons. The topological polar surface area (TPSA) is 64.9 Å². The molecule has 0 aliphatic carbocycles. The molecule has 2 rings (SSSR count). The smallest absolute Gasteiger partial charge is 0.407 e. The van der Waals surface area contributed by atoms with Crippen molar-refractivity contribution in [2.45, 2.75) is 32.8 Å².